The van der Waals surface area contributed by atoms with Crippen molar-refractivity contribution in [1.82, 2.24) is 4.90 Å². The van der Waals surface area contributed by atoms with E-state index in [-0.39, 0.29) is 6.04 Å². The quantitative estimate of drug-likeness (QED) is 0.202. The lowest BCUT2D eigenvalue weighted by Crippen LogP contribution is -2.33. The average molecular weight is 350 g/mol. The molecule has 0 fully saturated rings. The molecule has 0 amide bonds. The van der Waals surface area contributed by atoms with Crippen molar-refractivity contribution in [3.05, 3.63) is 24.8 Å². The van der Waals surface area contributed by atoms with Crippen molar-refractivity contribution < 1.29 is 4.79 Å². The van der Waals surface area contributed by atoms with Crippen LogP contribution in [0.3, 0.4) is 0 Å². The minimum absolute atomic E-state index is 0.114. The molecule has 0 aliphatic rings. The normalized spacial score (nSPS) is 12.8. The van der Waals surface area contributed by atoms with Crippen LogP contribution >= 0.6 is 0 Å². The van der Waals surface area contributed by atoms with E-state index in [2.05, 4.69) is 25.7 Å². The molecule has 0 aliphatic carbocycles. The largest absolute Gasteiger partial charge is 0.298 e. The van der Waals surface area contributed by atoms with Crippen molar-refractivity contribution in [3.63, 3.8) is 0 Å². The molecule has 0 heterocycles. The molecule has 1 unspecified atom stereocenters. The SMILES string of the molecule is C=CC(C(=O)CCCCCCC/C=C\CCCCCCCC)N(C)C. The van der Waals surface area contributed by atoms with Crippen LogP contribution in [0.15, 0.2) is 24.8 Å². The van der Waals surface area contributed by atoms with Crippen molar-refractivity contribution in [2.24, 2.45) is 0 Å². The molecule has 0 aromatic rings. The van der Waals surface area contributed by atoms with Crippen molar-refractivity contribution in [2.75, 3.05) is 14.1 Å². The van der Waals surface area contributed by atoms with Gasteiger partial charge in [-0.2, -0.15) is 0 Å². The van der Waals surface area contributed by atoms with Gasteiger partial charge >= 0.3 is 0 Å². The summed E-state index contributed by atoms with van der Waals surface area (Å²) in [5.74, 6) is 0.303. The molecular formula is C23H43NO. The average Bonchev–Trinajstić information content (AvgIpc) is 2.58. The number of ketones is 1. The molecule has 0 aliphatic heterocycles. The number of hydrogen-bond acceptors (Lipinski definition) is 2. The maximum atomic E-state index is 12.0. The van der Waals surface area contributed by atoms with Gasteiger partial charge in [-0.25, -0.2) is 0 Å². The van der Waals surface area contributed by atoms with Crippen LogP contribution in [0.2, 0.25) is 0 Å². The Morgan fingerprint density at radius 1 is 0.840 bits per heavy atom. The lowest BCUT2D eigenvalue weighted by molar-refractivity contribution is -0.122. The van der Waals surface area contributed by atoms with Crippen LogP contribution in [0.4, 0.5) is 0 Å². The standard InChI is InChI=1S/C23H43NO/c1-5-7-8-9-10-11-12-13-14-15-16-17-18-19-20-21-23(25)22(6-2)24(3)4/h6,13-14,22H,2,5,7-12,15-21H2,1,3-4H3/b14-13-. The van der Waals surface area contributed by atoms with Gasteiger partial charge in [0.05, 0.1) is 6.04 Å². The van der Waals surface area contributed by atoms with Crippen LogP contribution in [0.5, 0.6) is 0 Å². The van der Waals surface area contributed by atoms with Gasteiger partial charge in [-0.15, -0.1) is 6.58 Å². The van der Waals surface area contributed by atoms with Gasteiger partial charge in [-0.05, 0) is 46.2 Å². The predicted molar refractivity (Wildman–Crippen MR) is 112 cm³/mol. The molecule has 0 saturated carbocycles. The Kier molecular flexibility index (Phi) is 17.3. The van der Waals surface area contributed by atoms with E-state index in [1.54, 1.807) is 6.08 Å². The number of unbranched alkanes of at least 4 members (excludes halogenated alkanes) is 11. The zero-order chi connectivity index (χ0) is 18.8. The lowest BCUT2D eigenvalue weighted by atomic mass is 10.0. The summed E-state index contributed by atoms with van der Waals surface area (Å²) in [6.45, 7) is 6.03. The molecular weight excluding hydrogens is 306 g/mol. The first-order valence-corrected chi connectivity index (χ1v) is 10.6. The molecule has 0 bridgehead atoms. The number of allylic oxidation sites excluding steroid dienone is 2. The molecule has 0 aromatic heterocycles. The molecule has 0 N–H and O–H groups in total. The molecule has 0 spiro atoms. The topological polar surface area (TPSA) is 20.3 Å². The van der Waals surface area contributed by atoms with E-state index in [9.17, 15) is 4.79 Å². The highest BCUT2D eigenvalue weighted by atomic mass is 16.1. The number of carbonyl (C=O) groups is 1. The summed E-state index contributed by atoms with van der Waals surface area (Å²) >= 11 is 0. The Morgan fingerprint density at radius 2 is 1.32 bits per heavy atom. The summed E-state index contributed by atoms with van der Waals surface area (Å²) in [4.78, 5) is 14.0. The first kappa shape index (κ1) is 24.1. The molecule has 146 valence electrons. The first-order valence-electron chi connectivity index (χ1n) is 10.6. The molecule has 0 rings (SSSR count). The third kappa shape index (κ3) is 15.1. The minimum atomic E-state index is -0.114. The smallest absolute Gasteiger partial charge is 0.153 e. The number of Topliss-reactive ketones (excluding diaryl/α,β-unsaturated/α-hetero) is 1. The second-order valence-electron chi connectivity index (χ2n) is 7.44. The first-order chi connectivity index (χ1) is 12.1. The second-order valence-corrected chi connectivity index (χ2v) is 7.44. The van der Waals surface area contributed by atoms with Crippen LogP contribution in [-0.4, -0.2) is 30.8 Å². The lowest BCUT2D eigenvalue weighted by Gasteiger charge is -2.19. The summed E-state index contributed by atoms with van der Waals surface area (Å²) < 4.78 is 0. The van der Waals surface area contributed by atoms with Gasteiger partial charge < -0.3 is 0 Å². The van der Waals surface area contributed by atoms with Crippen molar-refractivity contribution in [2.45, 2.75) is 103 Å². The highest BCUT2D eigenvalue weighted by molar-refractivity contribution is 5.85. The van der Waals surface area contributed by atoms with Crippen LogP contribution in [0, 0.1) is 0 Å². The molecule has 0 saturated heterocycles. The maximum absolute atomic E-state index is 12.0. The number of carbonyl (C=O) groups excluding carboxylic acids is 1. The zero-order valence-corrected chi connectivity index (χ0v) is 17.3. The van der Waals surface area contributed by atoms with E-state index in [0.29, 0.717) is 12.2 Å². The number of rotatable bonds is 18. The molecule has 2 nitrogen and oxygen atoms in total. The van der Waals surface area contributed by atoms with Gasteiger partial charge in [0, 0.05) is 6.42 Å². The molecule has 0 radical (unpaired) electrons. The van der Waals surface area contributed by atoms with Gasteiger partial charge in [-0.3, -0.25) is 9.69 Å². The highest BCUT2D eigenvalue weighted by Gasteiger charge is 2.15. The number of hydrogen-bond donors (Lipinski definition) is 0. The molecule has 1 atom stereocenters. The van der Waals surface area contributed by atoms with Crippen LogP contribution in [0.25, 0.3) is 0 Å². The van der Waals surface area contributed by atoms with E-state index in [1.807, 2.05) is 19.0 Å². The summed E-state index contributed by atoms with van der Waals surface area (Å²) in [5, 5.41) is 0. The third-order valence-electron chi connectivity index (χ3n) is 4.79. The number of likely N-dealkylation sites (N-methyl/N-ethyl adjacent to an activating group) is 1. The monoisotopic (exact) mass is 349 g/mol. The highest BCUT2D eigenvalue weighted by Crippen LogP contribution is 2.11. The van der Waals surface area contributed by atoms with E-state index >= 15 is 0 Å². The van der Waals surface area contributed by atoms with E-state index in [1.165, 1.54) is 77.0 Å². The molecule has 25 heavy (non-hydrogen) atoms. The second kappa shape index (κ2) is 17.9. The Morgan fingerprint density at radius 3 is 1.80 bits per heavy atom. The van der Waals surface area contributed by atoms with Crippen molar-refractivity contribution in [1.29, 1.82) is 0 Å². The fraction of sp³-hybridized carbons (Fsp3) is 0.783. The summed E-state index contributed by atoms with van der Waals surface area (Å²) in [7, 11) is 3.87. The minimum Gasteiger partial charge on any atom is -0.298 e. The van der Waals surface area contributed by atoms with E-state index in [4.69, 9.17) is 0 Å². The van der Waals surface area contributed by atoms with Gasteiger partial charge in [-0.1, -0.05) is 76.5 Å². The van der Waals surface area contributed by atoms with Crippen molar-refractivity contribution >= 4 is 5.78 Å². The number of nitrogens with zero attached hydrogens (tertiary/aromatic N) is 1. The van der Waals surface area contributed by atoms with Gasteiger partial charge in [0.25, 0.3) is 0 Å². The maximum Gasteiger partial charge on any atom is 0.153 e. The van der Waals surface area contributed by atoms with Crippen LogP contribution in [-0.2, 0) is 4.79 Å². The van der Waals surface area contributed by atoms with Crippen LogP contribution < -0.4 is 0 Å². The summed E-state index contributed by atoms with van der Waals surface area (Å²) in [6.07, 6.45) is 24.0. The Balaban J connectivity index is 3.37. The summed E-state index contributed by atoms with van der Waals surface area (Å²) in [5.41, 5.74) is 0. The van der Waals surface area contributed by atoms with Gasteiger partial charge in [0.15, 0.2) is 5.78 Å². The van der Waals surface area contributed by atoms with E-state index < -0.39 is 0 Å². The fourth-order valence-electron chi connectivity index (χ4n) is 3.15. The fourth-order valence-corrected chi connectivity index (χ4v) is 3.15. The Labute approximate surface area is 157 Å². The van der Waals surface area contributed by atoms with E-state index in [0.717, 1.165) is 6.42 Å². The summed E-state index contributed by atoms with van der Waals surface area (Å²) in [6, 6.07) is -0.114. The predicted octanol–water partition coefficient (Wildman–Crippen LogP) is 6.71. The van der Waals surface area contributed by atoms with Gasteiger partial charge in [0.2, 0.25) is 0 Å². The zero-order valence-electron chi connectivity index (χ0n) is 17.3. The molecule has 2 heteroatoms. The Bertz CT molecular complexity index is 346. The van der Waals surface area contributed by atoms with Gasteiger partial charge in [0.1, 0.15) is 0 Å². The van der Waals surface area contributed by atoms with Crippen LogP contribution in [0.1, 0.15) is 96.8 Å². The third-order valence-corrected chi connectivity index (χ3v) is 4.79. The Hall–Kier alpha value is -0.890. The molecule has 0 aromatic carbocycles. The van der Waals surface area contributed by atoms with Crippen molar-refractivity contribution in [3.8, 4) is 0 Å².